The number of hydrogen-bond acceptors (Lipinski definition) is 4. The highest BCUT2D eigenvalue weighted by molar-refractivity contribution is 5.94. The molecule has 1 spiro atoms. The van der Waals surface area contributed by atoms with E-state index in [0.717, 1.165) is 44.5 Å². The summed E-state index contributed by atoms with van der Waals surface area (Å²) in [5, 5.41) is 7.06. The Morgan fingerprint density at radius 2 is 2.15 bits per heavy atom. The number of carbonyl (C=O) groups is 2. The van der Waals surface area contributed by atoms with Crippen LogP contribution in [-0.4, -0.2) is 63.0 Å². The molecule has 1 N–H and O–H groups in total. The Balaban J connectivity index is 1.48. The Morgan fingerprint density at radius 3 is 2.93 bits per heavy atom. The molecule has 2 aliphatic heterocycles. The summed E-state index contributed by atoms with van der Waals surface area (Å²) in [6, 6.07) is 7.33. The van der Waals surface area contributed by atoms with Crippen molar-refractivity contribution in [3.05, 3.63) is 36.2 Å². The van der Waals surface area contributed by atoms with Crippen LogP contribution >= 0.6 is 0 Å². The Kier molecular flexibility index (Phi) is 4.68. The SMILES string of the molecule is CCCN1CCC[C@]2(CCN(C(=O)c3cc(-c4ccccn4)n[nH]3)C2)C1=O. The predicted octanol–water partition coefficient (Wildman–Crippen LogP) is 2.34. The van der Waals surface area contributed by atoms with Gasteiger partial charge in [0.2, 0.25) is 5.91 Å². The van der Waals surface area contributed by atoms with E-state index in [1.165, 1.54) is 0 Å². The molecule has 0 bridgehead atoms. The molecule has 7 heteroatoms. The fraction of sp³-hybridized carbons (Fsp3) is 0.500. The molecule has 27 heavy (non-hydrogen) atoms. The van der Waals surface area contributed by atoms with E-state index < -0.39 is 5.41 Å². The average Bonchev–Trinajstić information content (AvgIpc) is 3.35. The van der Waals surface area contributed by atoms with E-state index in [-0.39, 0.29) is 11.8 Å². The van der Waals surface area contributed by atoms with Crippen LogP contribution in [0.4, 0.5) is 0 Å². The molecule has 4 heterocycles. The summed E-state index contributed by atoms with van der Waals surface area (Å²) >= 11 is 0. The number of nitrogens with zero attached hydrogens (tertiary/aromatic N) is 4. The fourth-order valence-electron chi connectivity index (χ4n) is 4.31. The van der Waals surface area contributed by atoms with Gasteiger partial charge >= 0.3 is 0 Å². The first-order valence-corrected chi connectivity index (χ1v) is 9.68. The number of pyridine rings is 1. The fourth-order valence-corrected chi connectivity index (χ4v) is 4.31. The molecule has 0 radical (unpaired) electrons. The lowest BCUT2D eigenvalue weighted by atomic mass is 9.78. The molecule has 0 aliphatic carbocycles. The lowest BCUT2D eigenvalue weighted by Gasteiger charge is -2.39. The van der Waals surface area contributed by atoms with Crippen molar-refractivity contribution in [3.8, 4) is 11.4 Å². The number of carbonyl (C=O) groups excluding carboxylic acids is 2. The zero-order valence-electron chi connectivity index (χ0n) is 15.6. The Labute approximate surface area is 158 Å². The number of aromatic nitrogens is 3. The quantitative estimate of drug-likeness (QED) is 0.899. The van der Waals surface area contributed by atoms with Crippen LogP contribution in [0.1, 0.15) is 43.1 Å². The van der Waals surface area contributed by atoms with Crippen molar-refractivity contribution in [2.75, 3.05) is 26.2 Å². The highest BCUT2D eigenvalue weighted by Gasteiger charge is 2.49. The normalized spacial score (nSPS) is 22.6. The molecule has 2 aliphatic rings. The summed E-state index contributed by atoms with van der Waals surface area (Å²) in [4.78, 5) is 34.0. The molecule has 1 atom stereocenters. The number of amides is 2. The van der Waals surface area contributed by atoms with Gasteiger partial charge in [-0.25, -0.2) is 0 Å². The highest BCUT2D eigenvalue weighted by atomic mass is 16.2. The summed E-state index contributed by atoms with van der Waals surface area (Å²) < 4.78 is 0. The third-order valence-corrected chi connectivity index (χ3v) is 5.69. The molecule has 0 aromatic carbocycles. The van der Waals surface area contributed by atoms with Crippen molar-refractivity contribution >= 4 is 11.8 Å². The molecular weight excluding hydrogens is 342 g/mol. The van der Waals surface area contributed by atoms with Crippen molar-refractivity contribution in [3.63, 3.8) is 0 Å². The second-order valence-electron chi connectivity index (χ2n) is 7.53. The van der Waals surface area contributed by atoms with Crippen LogP contribution in [0.5, 0.6) is 0 Å². The van der Waals surface area contributed by atoms with Gasteiger partial charge in [0.05, 0.1) is 11.1 Å². The number of nitrogens with one attached hydrogen (secondary N) is 1. The summed E-state index contributed by atoms with van der Waals surface area (Å²) in [5.41, 5.74) is 1.42. The molecule has 142 valence electrons. The number of hydrogen-bond donors (Lipinski definition) is 1. The molecule has 2 aromatic heterocycles. The molecule has 0 saturated carbocycles. The number of piperidine rings is 1. The van der Waals surface area contributed by atoms with Crippen LogP contribution in [0, 0.1) is 5.41 Å². The molecule has 7 nitrogen and oxygen atoms in total. The third kappa shape index (κ3) is 3.22. The molecule has 2 aromatic rings. The van der Waals surface area contributed by atoms with Crippen molar-refractivity contribution in [1.29, 1.82) is 0 Å². The number of H-pyrrole nitrogens is 1. The minimum Gasteiger partial charge on any atom is -0.342 e. The first-order valence-electron chi connectivity index (χ1n) is 9.68. The van der Waals surface area contributed by atoms with Gasteiger partial charge in [0.15, 0.2) is 0 Å². The first-order chi connectivity index (χ1) is 13.1. The van der Waals surface area contributed by atoms with Crippen LogP contribution in [-0.2, 0) is 4.79 Å². The van der Waals surface area contributed by atoms with E-state index >= 15 is 0 Å². The maximum atomic E-state index is 13.0. The maximum Gasteiger partial charge on any atom is 0.271 e. The molecule has 2 saturated heterocycles. The average molecular weight is 367 g/mol. The van der Waals surface area contributed by atoms with Crippen LogP contribution < -0.4 is 0 Å². The van der Waals surface area contributed by atoms with Crippen LogP contribution in [0.2, 0.25) is 0 Å². The lowest BCUT2D eigenvalue weighted by Crippen LogP contribution is -2.50. The topological polar surface area (TPSA) is 82.2 Å². The molecule has 2 fully saturated rings. The van der Waals surface area contributed by atoms with Crippen LogP contribution in [0.3, 0.4) is 0 Å². The predicted molar refractivity (Wildman–Crippen MR) is 101 cm³/mol. The standard InChI is InChI=1S/C20H25N5O2/c1-2-10-24-11-5-7-20(19(24)27)8-12-25(14-20)18(26)17-13-16(22-23-17)15-6-3-4-9-21-15/h3-4,6,9,13H,2,5,7-8,10-12,14H2,1H3,(H,22,23)/t20-/m1/s1. The zero-order valence-corrected chi connectivity index (χ0v) is 15.6. The van der Waals surface area contributed by atoms with Crippen molar-refractivity contribution in [1.82, 2.24) is 25.0 Å². The summed E-state index contributed by atoms with van der Waals surface area (Å²) in [7, 11) is 0. The monoisotopic (exact) mass is 367 g/mol. The van der Waals surface area contributed by atoms with Gasteiger partial charge in [-0.2, -0.15) is 5.10 Å². The van der Waals surface area contributed by atoms with E-state index in [2.05, 4.69) is 22.1 Å². The Hall–Kier alpha value is -2.70. The number of rotatable bonds is 4. The maximum absolute atomic E-state index is 13.0. The van der Waals surface area contributed by atoms with E-state index in [1.54, 1.807) is 17.2 Å². The Morgan fingerprint density at radius 1 is 1.26 bits per heavy atom. The van der Waals surface area contributed by atoms with Crippen LogP contribution in [0.25, 0.3) is 11.4 Å². The molecule has 2 amide bonds. The van der Waals surface area contributed by atoms with Gasteiger partial charge in [0.25, 0.3) is 5.91 Å². The van der Waals surface area contributed by atoms with E-state index in [4.69, 9.17) is 0 Å². The second-order valence-corrected chi connectivity index (χ2v) is 7.53. The van der Waals surface area contributed by atoms with Gasteiger partial charge in [-0.3, -0.25) is 19.7 Å². The van der Waals surface area contributed by atoms with E-state index in [0.29, 0.717) is 24.5 Å². The van der Waals surface area contributed by atoms with Gasteiger partial charge in [-0.15, -0.1) is 0 Å². The van der Waals surface area contributed by atoms with E-state index in [1.807, 2.05) is 23.1 Å². The lowest BCUT2D eigenvalue weighted by molar-refractivity contribution is -0.145. The Bertz CT molecular complexity index is 832. The minimum atomic E-state index is -0.396. The summed E-state index contributed by atoms with van der Waals surface area (Å²) in [5.74, 6) is 0.131. The van der Waals surface area contributed by atoms with Crippen molar-refractivity contribution in [2.45, 2.75) is 32.6 Å². The largest absolute Gasteiger partial charge is 0.342 e. The van der Waals surface area contributed by atoms with Crippen molar-refractivity contribution in [2.24, 2.45) is 5.41 Å². The highest BCUT2D eigenvalue weighted by Crippen LogP contribution is 2.40. The second kappa shape index (κ2) is 7.13. The zero-order chi connectivity index (χ0) is 18.9. The van der Waals surface area contributed by atoms with Crippen molar-refractivity contribution < 1.29 is 9.59 Å². The van der Waals surface area contributed by atoms with Gasteiger partial charge in [-0.1, -0.05) is 13.0 Å². The number of aromatic amines is 1. The van der Waals surface area contributed by atoms with Crippen LogP contribution in [0.15, 0.2) is 30.5 Å². The first kappa shape index (κ1) is 17.7. The van der Waals surface area contributed by atoms with Gasteiger partial charge in [-0.05, 0) is 43.9 Å². The van der Waals surface area contributed by atoms with Gasteiger partial charge in [0.1, 0.15) is 11.4 Å². The summed E-state index contributed by atoms with van der Waals surface area (Å²) in [6.45, 7) is 4.86. The minimum absolute atomic E-state index is 0.0954. The molecule has 0 unspecified atom stereocenters. The molecule has 4 rings (SSSR count). The summed E-state index contributed by atoms with van der Waals surface area (Å²) in [6.07, 6.45) is 5.31. The molecular formula is C20H25N5O2. The van der Waals surface area contributed by atoms with Gasteiger partial charge in [0, 0.05) is 32.4 Å². The number of likely N-dealkylation sites (tertiary alicyclic amines) is 2. The smallest absolute Gasteiger partial charge is 0.271 e. The van der Waals surface area contributed by atoms with E-state index in [9.17, 15) is 9.59 Å². The van der Waals surface area contributed by atoms with Gasteiger partial charge < -0.3 is 9.80 Å². The third-order valence-electron chi connectivity index (χ3n) is 5.69.